The summed E-state index contributed by atoms with van der Waals surface area (Å²) in [5.74, 6) is 10.8. The Hall–Kier alpha value is -1.97. The molecule has 22 heavy (non-hydrogen) atoms. The van der Waals surface area contributed by atoms with Crippen LogP contribution in [-0.2, 0) is 14.3 Å². The Morgan fingerprint density at radius 3 is 2.77 bits per heavy atom. The molecule has 0 saturated carbocycles. The van der Waals surface area contributed by atoms with E-state index in [1.54, 1.807) is 0 Å². The first kappa shape index (κ1) is 18.1. The summed E-state index contributed by atoms with van der Waals surface area (Å²) < 4.78 is 10.5. The molecule has 3 heteroatoms. The molecular formula is C19H24O3. The summed E-state index contributed by atoms with van der Waals surface area (Å²) in [6.07, 6.45) is 10.0. The molecule has 1 saturated heterocycles. The fraction of sp³-hybridized carbons (Fsp3) is 0.526. The lowest BCUT2D eigenvalue weighted by Gasteiger charge is -2.03. The highest BCUT2D eigenvalue weighted by atomic mass is 16.6. The fourth-order valence-corrected chi connectivity index (χ4v) is 2.04. The van der Waals surface area contributed by atoms with Crippen molar-refractivity contribution >= 4 is 5.97 Å². The second-order valence-corrected chi connectivity index (χ2v) is 5.18. The van der Waals surface area contributed by atoms with Crippen molar-refractivity contribution in [2.75, 3.05) is 0 Å². The largest absolute Gasteiger partial charge is 0.445 e. The Morgan fingerprint density at radius 2 is 2.09 bits per heavy atom. The van der Waals surface area contributed by atoms with Gasteiger partial charge in [0.05, 0.1) is 12.2 Å². The second-order valence-electron chi connectivity index (χ2n) is 5.18. The zero-order valence-electron chi connectivity index (χ0n) is 13.3. The molecule has 1 aliphatic heterocycles. The van der Waals surface area contributed by atoms with E-state index >= 15 is 0 Å². The Bertz CT molecular complexity index is 498. The average Bonchev–Trinajstić information content (AvgIpc) is 3.23. The molecule has 0 amide bonds. The van der Waals surface area contributed by atoms with Crippen molar-refractivity contribution in [3.63, 3.8) is 0 Å². The minimum Gasteiger partial charge on any atom is -0.445 e. The molecule has 1 fully saturated rings. The lowest BCUT2D eigenvalue weighted by Crippen LogP contribution is -2.10. The molecule has 1 heterocycles. The highest BCUT2D eigenvalue weighted by Crippen LogP contribution is 2.29. The maximum atomic E-state index is 10.8. The third kappa shape index (κ3) is 8.35. The number of epoxide rings is 1. The minimum atomic E-state index is -0.590. The number of hydrogen-bond acceptors (Lipinski definition) is 3. The standard InChI is InChI=1S/C19H24O3/c1-4-6-7-8-11-14-18-19(22-18)15-12-9-10-13-17(5-2)21-16(3)20/h4-5,17-19H,1-2,6-8,11,14-15H2,3H3. The number of unbranched alkanes of at least 4 members (excludes halogenated alkanes) is 3. The van der Waals surface area contributed by atoms with Crippen LogP contribution < -0.4 is 0 Å². The van der Waals surface area contributed by atoms with Gasteiger partial charge in [0.1, 0.15) is 0 Å². The maximum Gasteiger partial charge on any atom is 0.304 e. The van der Waals surface area contributed by atoms with Gasteiger partial charge in [-0.15, -0.1) is 6.58 Å². The molecule has 3 atom stereocenters. The Morgan fingerprint density at radius 1 is 1.27 bits per heavy atom. The lowest BCUT2D eigenvalue weighted by atomic mass is 10.1. The van der Waals surface area contributed by atoms with Crippen LogP contribution in [0.15, 0.2) is 25.3 Å². The molecule has 3 nitrogen and oxygen atoms in total. The number of carbonyl (C=O) groups is 1. The van der Waals surface area contributed by atoms with Gasteiger partial charge in [0.25, 0.3) is 0 Å². The number of esters is 1. The zero-order valence-corrected chi connectivity index (χ0v) is 13.3. The van der Waals surface area contributed by atoms with Crippen LogP contribution >= 0.6 is 0 Å². The normalized spacial score (nSPS) is 19.7. The van der Waals surface area contributed by atoms with Gasteiger partial charge in [-0.1, -0.05) is 31.4 Å². The lowest BCUT2D eigenvalue weighted by molar-refractivity contribution is -0.142. The van der Waals surface area contributed by atoms with Gasteiger partial charge in [0.2, 0.25) is 0 Å². The molecule has 0 radical (unpaired) electrons. The number of rotatable bonds is 9. The summed E-state index contributed by atoms with van der Waals surface area (Å²) in [4.78, 5) is 10.8. The third-order valence-corrected chi connectivity index (χ3v) is 3.26. The van der Waals surface area contributed by atoms with Crippen LogP contribution in [0, 0.1) is 23.7 Å². The Labute approximate surface area is 133 Å². The van der Waals surface area contributed by atoms with Crippen molar-refractivity contribution in [3.8, 4) is 23.7 Å². The van der Waals surface area contributed by atoms with Crippen molar-refractivity contribution in [1.82, 2.24) is 0 Å². The average molecular weight is 300 g/mol. The van der Waals surface area contributed by atoms with E-state index < -0.39 is 6.10 Å². The van der Waals surface area contributed by atoms with Gasteiger partial charge in [-0.05, 0) is 43.1 Å². The topological polar surface area (TPSA) is 38.8 Å². The minimum absolute atomic E-state index is 0.261. The van der Waals surface area contributed by atoms with E-state index in [1.165, 1.54) is 32.3 Å². The van der Waals surface area contributed by atoms with E-state index in [4.69, 9.17) is 9.47 Å². The third-order valence-electron chi connectivity index (χ3n) is 3.26. The van der Waals surface area contributed by atoms with E-state index in [0.29, 0.717) is 12.5 Å². The van der Waals surface area contributed by atoms with Gasteiger partial charge in [0, 0.05) is 13.3 Å². The molecule has 0 aromatic heterocycles. The van der Waals surface area contributed by atoms with Crippen LogP contribution in [0.4, 0.5) is 0 Å². The summed E-state index contributed by atoms with van der Waals surface area (Å²) in [5, 5.41) is 0. The van der Waals surface area contributed by atoms with Crippen molar-refractivity contribution in [3.05, 3.63) is 25.3 Å². The first-order valence-electron chi connectivity index (χ1n) is 7.72. The predicted octanol–water partition coefficient (Wildman–Crippen LogP) is 3.40. The highest BCUT2D eigenvalue weighted by molar-refractivity contribution is 5.66. The molecule has 118 valence electrons. The van der Waals surface area contributed by atoms with Gasteiger partial charge in [0.15, 0.2) is 6.10 Å². The molecule has 1 aliphatic rings. The molecule has 0 N–H and O–H groups in total. The van der Waals surface area contributed by atoms with Crippen LogP contribution in [-0.4, -0.2) is 24.3 Å². The highest BCUT2D eigenvalue weighted by Gasteiger charge is 2.36. The van der Waals surface area contributed by atoms with E-state index in [2.05, 4.69) is 36.8 Å². The zero-order chi connectivity index (χ0) is 16.2. The van der Waals surface area contributed by atoms with Crippen LogP contribution in [0.5, 0.6) is 0 Å². The number of hydrogen-bond donors (Lipinski definition) is 0. The van der Waals surface area contributed by atoms with Crippen molar-refractivity contribution < 1.29 is 14.3 Å². The molecule has 0 aromatic rings. The van der Waals surface area contributed by atoms with E-state index in [1.807, 2.05) is 6.08 Å². The SMILES string of the molecule is C=CCCCCCC1OC1CC#CC#CC(C=C)OC(C)=O. The fourth-order valence-electron chi connectivity index (χ4n) is 2.04. The number of ether oxygens (including phenoxy) is 2. The molecule has 3 unspecified atom stereocenters. The molecule has 0 aromatic carbocycles. The summed E-state index contributed by atoms with van der Waals surface area (Å²) in [6, 6.07) is 0. The summed E-state index contributed by atoms with van der Waals surface area (Å²) >= 11 is 0. The van der Waals surface area contributed by atoms with Crippen LogP contribution in [0.1, 0.15) is 45.4 Å². The Balaban J connectivity index is 2.14. The maximum absolute atomic E-state index is 10.8. The van der Waals surface area contributed by atoms with E-state index in [-0.39, 0.29) is 12.1 Å². The first-order chi connectivity index (χ1) is 10.7. The van der Waals surface area contributed by atoms with Crippen LogP contribution in [0.3, 0.4) is 0 Å². The second kappa shape index (κ2) is 10.7. The first-order valence-corrected chi connectivity index (χ1v) is 7.72. The van der Waals surface area contributed by atoms with Gasteiger partial charge in [-0.2, -0.15) is 0 Å². The van der Waals surface area contributed by atoms with Gasteiger partial charge < -0.3 is 9.47 Å². The molecule has 0 spiro atoms. The van der Waals surface area contributed by atoms with E-state index in [0.717, 1.165) is 12.8 Å². The van der Waals surface area contributed by atoms with Gasteiger partial charge in [-0.3, -0.25) is 4.79 Å². The number of allylic oxidation sites excluding steroid dienone is 1. The smallest absolute Gasteiger partial charge is 0.304 e. The van der Waals surface area contributed by atoms with E-state index in [9.17, 15) is 4.79 Å². The molecule has 0 bridgehead atoms. The van der Waals surface area contributed by atoms with Crippen molar-refractivity contribution in [2.24, 2.45) is 0 Å². The molecule has 1 rings (SSSR count). The van der Waals surface area contributed by atoms with Crippen molar-refractivity contribution in [1.29, 1.82) is 0 Å². The quantitative estimate of drug-likeness (QED) is 0.215. The van der Waals surface area contributed by atoms with Crippen LogP contribution in [0.2, 0.25) is 0 Å². The van der Waals surface area contributed by atoms with Crippen LogP contribution in [0.25, 0.3) is 0 Å². The molecular weight excluding hydrogens is 276 g/mol. The predicted molar refractivity (Wildman–Crippen MR) is 87.9 cm³/mol. The van der Waals surface area contributed by atoms with Crippen molar-refractivity contribution in [2.45, 2.75) is 63.8 Å². The van der Waals surface area contributed by atoms with Gasteiger partial charge in [-0.25, -0.2) is 0 Å². The Kier molecular flexibility index (Phi) is 8.80. The molecule has 0 aliphatic carbocycles. The monoisotopic (exact) mass is 300 g/mol. The number of carbonyl (C=O) groups excluding carboxylic acids is 1. The summed E-state index contributed by atoms with van der Waals surface area (Å²) in [6.45, 7) is 8.61. The van der Waals surface area contributed by atoms with Gasteiger partial charge >= 0.3 is 5.97 Å². The summed E-state index contributed by atoms with van der Waals surface area (Å²) in [7, 11) is 0. The summed E-state index contributed by atoms with van der Waals surface area (Å²) in [5.41, 5.74) is 0.